The Hall–Kier alpha value is -2.17. The van der Waals surface area contributed by atoms with Gasteiger partial charge in [-0.1, -0.05) is 37.3 Å². The van der Waals surface area contributed by atoms with E-state index in [9.17, 15) is 19.8 Å². The van der Waals surface area contributed by atoms with E-state index in [1.807, 2.05) is 30.3 Å². The number of nitrogens with zero attached hydrogens (tertiary/aromatic N) is 1. The highest BCUT2D eigenvalue weighted by molar-refractivity contribution is 6.22. The van der Waals surface area contributed by atoms with Gasteiger partial charge < -0.3 is 10.2 Å². The van der Waals surface area contributed by atoms with E-state index >= 15 is 0 Å². The quantitative estimate of drug-likeness (QED) is 0.813. The first-order valence-electron chi connectivity index (χ1n) is 6.11. The van der Waals surface area contributed by atoms with Crippen molar-refractivity contribution in [3.63, 3.8) is 0 Å². The number of carboxylic acids is 2. The second kappa shape index (κ2) is 4.84. The Morgan fingerprint density at radius 1 is 1.26 bits per heavy atom. The Morgan fingerprint density at radius 3 is 2.26 bits per heavy atom. The van der Waals surface area contributed by atoms with E-state index < -0.39 is 23.4 Å². The number of hydrogen-bond acceptors (Lipinski definition) is 3. The van der Waals surface area contributed by atoms with Crippen molar-refractivity contribution in [1.29, 1.82) is 0 Å². The van der Waals surface area contributed by atoms with Crippen LogP contribution in [0.25, 0.3) is 0 Å². The Balaban J connectivity index is 2.44. The SMILES string of the molecule is CCC1=NC(c2ccccc2)CC1(C(=O)O)C(=O)O. The summed E-state index contributed by atoms with van der Waals surface area (Å²) in [5, 5.41) is 18.7. The zero-order valence-corrected chi connectivity index (χ0v) is 10.5. The molecule has 1 aromatic rings. The molecule has 0 saturated carbocycles. The van der Waals surface area contributed by atoms with Gasteiger partial charge in [0.1, 0.15) is 0 Å². The van der Waals surface area contributed by atoms with Crippen LogP contribution in [-0.2, 0) is 9.59 Å². The molecule has 2 N–H and O–H groups in total. The average Bonchev–Trinajstić information content (AvgIpc) is 2.80. The van der Waals surface area contributed by atoms with E-state index in [0.29, 0.717) is 6.42 Å². The van der Waals surface area contributed by atoms with E-state index in [4.69, 9.17) is 0 Å². The molecule has 1 aliphatic rings. The fourth-order valence-electron chi connectivity index (χ4n) is 2.53. The predicted octanol–water partition coefficient (Wildman–Crippen LogP) is 2.14. The van der Waals surface area contributed by atoms with Gasteiger partial charge in [-0.25, -0.2) is 0 Å². The highest BCUT2D eigenvalue weighted by Crippen LogP contribution is 2.42. The maximum Gasteiger partial charge on any atom is 0.327 e. The van der Waals surface area contributed by atoms with E-state index in [1.165, 1.54) is 0 Å². The van der Waals surface area contributed by atoms with Crippen molar-refractivity contribution < 1.29 is 19.8 Å². The van der Waals surface area contributed by atoms with Gasteiger partial charge in [0, 0.05) is 12.1 Å². The summed E-state index contributed by atoms with van der Waals surface area (Å²) in [4.78, 5) is 27.2. The number of carboxylic acid groups (broad SMARTS) is 2. The highest BCUT2D eigenvalue weighted by Gasteiger charge is 2.55. The molecule has 5 nitrogen and oxygen atoms in total. The van der Waals surface area contributed by atoms with Crippen molar-refractivity contribution in [3.8, 4) is 0 Å². The Bertz CT molecular complexity index is 522. The van der Waals surface area contributed by atoms with Crippen molar-refractivity contribution in [2.45, 2.75) is 25.8 Å². The second-order valence-electron chi connectivity index (χ2n) is 4.58. The van der Waals surface area contributed by atoms with E-state index in [0.717, 1.165) is 5.56 Å². The van der Waals surface area contributed by atoms with Gasteiger partial charge in [0.15, 0.2) is 0 Å². The van der Waals surface area contributed by atoms with Crippen LogP contribution in [0.3, 0.4) is 0 Å². The van der Waals surface area contributed by atoms with Crippen LogP contribution in [0, 0.1) is 5.41 Å². The molecule has 1 heterocycles. The second-order valence-corrected chi connectivity index (χ2v) is 4.58. The minimum Gasteiger partial charge on any atom is -0.480 e. The molecular weight excluding hydrogens is 246 g/mol. The molecule has 0 amide bonds. The Kier molecular flexibility index (Phi) is 3.38. The van der Waals surface area contributed by atoms with Gasteiger partial charge in [0.25, 0.3) is 0 Å². The summed E-state index contributed by atoms with van der Waals surface area (Å²) in [6, 6.07) is 8.78. The lowest BCUT2D eigenvalue weighted by molar-refractivity contribution is -0.159. The van der Waals surface area contributed by atoms with Crippen molar-refractivity contribution in [3.05, 3.63) is 35.9 Å². The third-order valence-electron chi connectivity index (χ3n) is 3.55. The van der Waals surface area contributed by atoms with Gasteiger partial charge in [-0.3, -0.25) is 14.6 Å². The van der Waals surface area contributed by atoms with Crippen LogP contribution in [0.1, 0.15) is 31.4 Å². The number of aliphatic carboxylic acids is 2. The van der Waals surface area contributed by atoms with Crippen molar-refractivity contribution in [1.82, 2.24) is 0 Å². The summed E-state index contributed by atoms with van der Waals surface area (Å²) < 4.78 is 0. The molecule has 5 heteroatoms. The van der Waals surface area contributed by atoms with Crippen molar-refractivity contribution >= 4 is 17.7 Å². The lowest BCUT2D eigenvalue weighted by atomic mass is 9.78. The van der Waals surface area contributed by atoms with Gasteiger partial charge in [-0.15, -0.1) is 0 Å². The summed E-state index contributed by atoms with van der Waals surface area (Å²) >= 11 is 0. The number of hydrogen-bond donors (Lipinski definition) is 2. The molecule has 0 aliphatic carbocycles. The van der Waals surface area contributed by atoms with Crippen LogP contribution >= 0.6 is 0 Å². The number of carbonyl (C=O) groups is 2. The maximum absolute atomic E-state index is 11.4. The first-order chi connectivity index (χ1) is 9.02. The fraction of sp³-hybridized carbons (Fsp3) is 0.357. The number of benzene rings is 1. The average molecular weight is 261 g/mol. The predicted molar refractivity (Wildman–Crippen MR) is 69.2 cm³/mol. The Labute approximate surface area is 110 Å². The maximum atomic E-state index is 11.4. The van der Waals surface area contributed by atoms with Gasteiger partial charge in [0.05, 0.1) is 6.04 Å². The van der Waals surface area contributed by atoms with Crippen LogP contribution < -0.4 is 0 Å². The molecular formula is C14H15NO4. The zero-order chi connectivity index (χ0) is 14.0. The lowest BCUT2D eigenvalue weighted by Gasteiger charge is -2.21. The van der Waals surface area contributed by atoms with Gasteiger partial charge in [-0.2, -0.15) is 0 Å². The minimum absolute atomic E-state index is 0.0230. The largest absolute Gasteiger partial charge is 0.480 e. The molecule has 0 bridgehead atoms. The van der Waals surface area contributed by atoms with E-state index in [1.54, 1.807) is 6.92 Å². The first kappa shape index (κ1) is 13.3. The molecule has 1 unspecified atom stereocenters. The van der Waals surface area contributed by atoms with Crippen molar-refractivity contribution in [2.24, 2.45) is 10.4 Å². The molecule has 0 saturated heterocycles. The van der Waals surface area contributed by atoms with Crippen LogP contribution in [0.4, 0.5) is 0 Å². The van der Waals surface area contributed by atoms with Crippen molar-refractivity contribution in [2.75, 3.05) is 0 Å². The molecule has 0 spiro atoms. The molecule has 1 atom stereocenters. The molecule has 0 aromatic heterocycles. The van der Waals surface area contributed by atoms with Crippen LogP contribution in [0.5, 0.6) is 0 Å². The third kappa shape index (κ3) is 2.01. The smallest absolute Gasteiger partial charge is 0.327 e. The molecule has 1 aromatic carbocycles. The van der Waals surface area contributed by atoms with Crippen LogP contribution in [-0.4, -0.2) is 27.9 Å². The highest BCUT2D eigenvalue weighted by atomic mass is 16.4. The zero-order valence-electron chi connectivity index (χ0n) is 10.5. The fourth-order valence-corrected chi connectivity index (χ4v) is 2.53. The standard InChI is InChI=1S/C14H15NO4/c1-2-11-14(12(16)17,13(18)19)8-10(15-11)9-6-4-3-5-7-9/h3-7,10H,2,8H2,1H3,(H,16,17)(H,18,19). The summed E-state index contributed by atoms with van der Waals surface area (Å²) in [7, 11) is 0. The summed E-state index contributed by atoms with van der Waals surface area (Å²) in [6.07, 6.45) is 0.298. The molecule has 2 rings (SSSR count). The molecule has 0 fully saturated rings. The molecule has 19 heavy (non-hydrogen) atoms. The summed E-state index contributed by atoms with van der Waals surface area (Å²) in [6.45, 7) is 1.73. The molecule has 0 radical (unpaired) electrons. The number of rotatable bonds is 4. The topological polar surface area (TPSA) is 87.0 Å². The monoisotopic (exact) mass is 261 g/mol. The lowest BCUT2D eigenvalue weighted by Crippen LogP contribution is -2.44. The third-order valence-corrected chi connectivity index (χ3v) is 3.55. The van der Waals surface area contributed by atoms with Gasteiger partial charge >= 0.3 is 11.9 Å². The van der Waals surface area contributed by atoms with Crippen LogP contribution in [0.2, 0.25) is 0 Å². The first-order valence-corrected chi connectivity index (χ1v) is 6.11. The molecule has 100 valence electrons. The summed E-state index contributed by atoms with van der Waals surface area (Å²) in [5.41, 5.74) is -0.797. The normalized spacial score (nSPS) is 20.9. The van der Waals surface area contributed by atoms with E-state index in [2.05, 4.69) is 4.99 Å². The van der Waals surface area contributed by atoms with Gasteiger partial charge in [0.2, 0.25) is 5.41 Å². The molecule has 1 aliphatic heterocycles. The number of aliphatic imine (C=N–C) groups is 1. The van der Waals surface area contributed by atoms with Gasteiger partial charge in [-0.05, 0) is 12.0 Å². The Morgan fingerprint density at radius 2 is 1.84 bits per heavy atom. The van der Waals surface area contributed by atoms with Crippen LogP contribution in [0.15, 0.2) is 35.3 Å². The summed E-state index contributed by atoms with van der Waals surface area (Å²) in [5.74, 6) is -2.67. The minimum atomic E-state index is -1.88. The van der Waals surface area contributed by atoms with E-state index in [-0.39, 0.29) is 12.1 Å².